The molecule has 0 radical (unpaired) electrons. The normalized spacial score (nSPS) is 11.6. The van der Waals surface area contributed by atoms with Crippen LogP contribution in [0.1, 0.15) is 0 Å². The van der Waals surface area contributed by atoms with E-state index in [1.807, 2.05) is 0 Å². The maximum Gasteiger partial charge on any atom is 0.573 e. The van der Waals surface area contributed by atoms with Crippen LogP contribution >= 0.6 is 0 Å². The number of rotatable bonds is 4. The van der Waals surface area contributed by atoms with Crippen LogP contribution in [-0.4, -0.2) is 16.8 Å². The molecule has 0 bridgehead atoms. The molecule has 1 N–H and O–H groups in total. The first-order valence-electron chi connectivity index (χ1n) is 8.98. The van der Waals surface area contributed by atoms with E-state index in [4.69, 9.17) is 0 Å². The van der Waals surface area contributed by atoms with Crippen molar-refractivity contribution in [1.82, 2.24) is 4.57 Å². The lowest BCUT2D eigenvalue weighted by Crippen LogP contribution is -2.21. The average molecular weight is 412 g/mol. The molecule has 0 aliphatic rings. The highest BCUT2D eigenvalue weighted by atomic mass is 19.4. The number of ether oxygens (including phenoxy) is 1. The van der Waals surface area contributed by atoms with Crippen LogP contribution < -0.4 is 15.5 Å². The van der Waals surface area contributed by atoms with Gasteiger partial charge in [0.1, 0.15) is 12.3 Å². The molecule has 0 atom stereocenters. The van der Waals surface area contributed by atoms with Gasteiger partial charge in [-0.3, -0.25) is 9.59 Å². The summed E-state index contributed by atoms with van der Waals surface area (Å²) >= 11 is 0. The number of nitrogens with zero attached hydrogens (tertiary/aromatic N) is 1. The van der Waals surface area contributed by atoms with Gasteiger partial charge in [-0.15, -0.1) is 13.2 Å². The van der Waals surface area contributed by atoms with Gasteiger partial charge in [0, 0.05) is 16.5 Å². The molecule has 0 saturated heterocycles. The molecule has 4 rings (SSSR count). The zero-order valence-electron chi connectivity index (χ0n) is 15.4. The molecule has 0 unspecified atom stereocenters. The molecule has 8 heteroatoms. The Morgan fingerprint density at radius 3 is 1.93 bits per heavy atom. The highest BCUT2D eigenvalue weighted by Crippen LogP contribution is 2.24. The van der Waals surface area contributed by atoms with Crippen LogP contribution in [0.3, 0.4) is 0 Å². The number of para-hydroxylation sites is 2. The van der Waals surface area contributed by atoms with Gasteiger partial charge in [0.05, 0.1) is 11.0 Å². The number of carbonyl (C=O) groups is 1. The van der Waals surface area contributed by atoms with E-state index in [9.17, 15) is 22.8 Å². The van der Waals surface area contributed by atoms with Gasteiger partial charge in [-0.05, 0) is 48.5 Å². The number of amides is 1. The van der Waals surface area contributed by atoms with E-state index in [-0.39, 0.29) is 17.7 Å². The van der Waals surface area contributed by atoms with Crippen LogP contribution in [0.15, 0.2) is 77.6 Å². The first-order chi connectivity index (χ1) is 14.3. The molecular formula is C22H15F3N2O3. The smallest absolute Gasteiger partial charge is 0.406 e. The molecule has 1 amide bonds. The molecule has 0 aliphatic heterocycles. The molecule has 0 saturated carbocycles. The number of anilines is 1. The minimum absolute atomic E-state index is 0.0812. The second kappa shape index (κ2) is 7.55. The number of hydrogen-bond donors (Lipinski definition) is 1. The summed E-state index contributed by atoms with van der Waals surface area (Å²) in [7, 11) is 0. The SMILES string of the molecule is O=C(Cn1c2ccccc2c(=O)c2ccccc21)Nc1ccc(OC(F)(F)F)cc1. The maximum atomic E-state index is 12.7. The average Bonchev–Trinajstić information content (AvgIpc) is 2.71. The molecule has 3 aromatic carbocycles. The quantitative estimate of drug-likeness (QED) is 0.495. The summed E-state index contributed by atoms with van der Waals surface area (Å²) in [5, 5.41) is 3.65. The second-order valence-corrected chi connectivity index (χ2v) is 6.57. The first kappa shape index (κ1) is 19.5. The number of fused-ring (bicyclic) bond motifs is 2. The minimum atomic E-state index is -4.78. The fraction of sp³-hybridized carbons (Fsp3) is 0.0909. The topological polar surface area (TPSA) is 60.3 Å². The fourth-order valence-electron chi connectivity index (χ4n) is 3.33. The number of carbonyl (C=O) groups excluding carboxylic acids is 1. The minimum Gasteiger partial charge on any atom is -0.406 e. The Kier molecular flexibility index (Phi) is 4.91. The Labute approximate surface area is 168 Å². The number of nitrogens with one attached hydrogen (secondary N) is 1. The predicted octanol–water partition coefficient (Wildman–Crippen LogP) is 4.69. The van der Waals surface area contributed by atoms with Crippen LogP contribution in [0.5, 0.6) is 5.75 Å². The molecular weight excluding hydrogens is 397 g/mol. The summed E-state index contributed by atoms with van der Waals surface area (Å²) < 4.78 is 42.3. The molecule has 4 aromatic rings. The van der Waals surface area contributed by atoms with Crippen molar-refractivity contribution in [3.8, 4) is 5.75 Å². The van der Waals surface area contributed by atoms with Crippen LogP contribution in [0.4, 0.5) is 18.9 Å². The van der Waals surface area contributed by atoms with E-state index in [1.54, 1.807) is 53.1 Å². The number of hydrogen-bond acceptors (Lipinski definition) is 3. The summed E-state index contributed by atoms with van der Waals surface area (Å²) in [4.78, 5) is 25.4. The lowest BCUT2D eigenvalue weighted by molar-refractivity contribution is -0.274. The second-order valence-electron chi connectivity index (χ2n) is 6.57. The Bertz CT molecular complexity index is 1240. The third-order valence-electron chi connectivity index (χ3n) is 4.55. The van der Waals surface area contributed by atoms with Crippen LogP contribution in [0, 0.1) is 0 Å². The van der Waals surface area contributed by atoms with Crippen molar-refractivity contribution in [2.24, 2.45) is 0 Å². The molecule has 0 fully saturated rings. The highest BCUT2D eigenvalue weighted by Gasteiger charge is 2.31. The van der Waals surface area contributed by atoms with Crippen molar-refractivity contribution < 1.29 is 22.7 Å². The van der Waals surface area contributed by atoms with E-state index in [2.05, 4.69) is 10.1 Å². The summed E-state index contributed by atoms with van der Waals surface area (Å²) in [5.41, 5.74) is 1.44. The standard InChI is InChI=1S/C22H15F3N2O3/c23-22(24,25)30-15-11-9-14(10-12-15)26-20(28)13-27-18-7-3-1-5-16(18)21(29)17-6-2-4-8-19(17)27/h1-12H,13H2,(H,26,28). The summed E-state index contributed by atoms with van der Waals surface area (Å²) in [5.74, 6) is -0.767. The molecule has 30 heavy (non-hydrogen) atoms. The van der Waals surface area contributed by atoms with Gasteiger partial charge in [-0.1, -0.05) is 24.3 Å². The molecule has 0 spiro atoms. The third kappa shape index (κ3) is 3.98. The van der Waals surface area contributed by atoms with Crippen molar-refractivity contribution in [3.05, 3.63) is 83.0 Å². The molecule has 0 aliphatic carbocycles. The van der Waals surface area contributed by atoms with Crippen molar-refractivity contribution >= 4 is 33.4 Å². The van der Waals surface area contributed by atoms with Gasteiger partial charge in [0.25, 0.3) is 0 Å². The van der Waals surface area contributed by atoms with E-state index in [1.165, 1.54) is 12.1 Å². The molecule has 5 nitrogen and oxygen atoms in total. The van der Waals surface area contributed by atoms with Crippen LogP contribution in [0.25, 0.3) is 21.8 Å². The Morgan fingerprint density at radius 2 is 1.40 bits per heavy atom. The maximum absolute atomic E-state index is 12.7. The van der Waals surface area contributed by atoms with Gasteiger partial charge in [0.2, 0.25) is 5.91 Å². The van der Waals surface area contributed by atoms with Crippen LogP contribution in [-0.2, 0) is 11.3 Å². The Hall–Kier alpha value is -3.81. The van der Waals surface area contributed by atoms with E-state index in [0.717, 1.165) is 12.1 Å². The lowest BCUT2D eigenvalue weighted by Gasteiger charge is -2.15. The van der Waals surface area contributed by atoms with Gasteiger partial charge >= 0.3 is 6.36 Å². The monoisotopic (exact) mass is 412 g/mol. The van der Waals surface area contributed by atoms with Crippen molar-refractivity contribution in [1.29, 1.82) is 0 Å². The van der Waals surface area contributed by atoms with Crippen molar-refractivity contribution in [2.45, 2.75) is 12.9 Å². The Morgan fingerprint density at radius 1 is 0.867 bits per heavy atom. The van der Waals surface area contributed by atoms with Gasteiger partial charge in [-0.25, -0.2) is 0 Å². The largest absolute Gasteiger partial charge is 0.573 e. The van der Waals surface area contributed by atoms with Gasteiger partial charge < -0.3 is 14.6 Å². The number of aromatic nitrogens is 1. The summed E-state index contributed by atoms with van der Waals surface area (Å²) in [6, 6.07) is 18.9. The third-order valence-corrected chi connectivity index (χ3v) is 4.55. The van der Waals surface area contributed by atoms with E-state index < -0.39 is 12.3 Å². The summed E-state index contributed by atoms with van der Waals surface area (Å²) in [6.45, 7) is -0.0812. The first-order valence-corrected chi connectivity index (χ1v) is 8.98. The zero-order valence-corrected chi connectivity index (χ0v) is 15.4. The van der Waals surface area contributed by atoms with Crippen molar-refractivity contribution in [2.75, 3.05) is 5.32 Å². The molecule has 1 heterocycles. The fourth-order valence-corrected chi connectivity index (χ4v) is 3.33. The number of benzene rings is 3. The van der Waals surface area contributed by atoms with Gasteiger partial charge in [-0.2, -0.15) is 0 Å². The molecule has 1 aromatic heterocycles. The number of alkyl halides is 3. The van der Waals surface area contributed by atoms with E-state index >= 15 is 0 Å². The van der Waals surface area contributed by atoms with Crippen molar-refractivity contribution in [3.63, 3.8) is 0 Å². The summed E-state index contributed by atoms with van der Waals surface area (Å²) in [6.07, 6.45) is -4.78. The van der Waals surface area contributed by atoms with Gasteiger partial charge in [0.15, 0.2) is 5.43 Å². The Balaban J connectivity index is 1.63. The molecule has 152 valence electrons. The zero-order chi connectivity index (χ0) is 21.3. The number of halogens is 3. The predicted molar refractivity (Wildman–Crippen MR) is 107 cm³/mol. The number of pyridine rings is 1. The highest BCUT2D eigenvalue weighted by molar-refractivity contribution is 5.97. The van der Waals surface area contributed by atoms with Crippen LogP contribution in [0.2, 0.25) is 0 Å². The lowest BCUT2D eigenvalue weighted by atomic mass is 10.1. The van der Waals surface area contributed by atoms with E-state index in [0.29, 0.717) is 27.5 Å².